The van der Waals surface area contributed by atoms with Crippen molar-refractivity contribution in [1.29, 1.82) is 0 Å². The summed E-state index contributed by atoms with van der Waals surface area (Å²) >= 11 is 0. The van der Waals surface area contributed by atoms with Gasteiger partial charge in [-0.25, -0.2) is 9.59 Å². The number of hydrogen-bond acceptors (Lipinski definition) is 6. The number of hydrogen-bond donors (Lipinski definition) is 2. The van der Waals surface area contributed by atoms with Crippen LogP contribution in [0.4, 0.5) is 15.4 Å². The van der Waals surface area contributed by atoms with Crippen LogP contribution in [0.1, 0.15) is 45.2 Å². The first-order valence-electron chi connectivity index (χ1n) is 8.09. The molecule has 1 saturated heterocycles. The first kappa shape index (κ1) is 18.8. The number of nitrogens with zero attached hydrogens (tertiary/aromatic N) is 3. The highest BCUT2D eigenvalue weighted by Gasteiger charge is 2.27. The fraction of sp³-hybridized carbons (Fsp3) is 0.625. The second-order valence-electron chi connectivity index (χ2n) is 6.85. The summed E-state index contributed by atoms with van der Waals surface area (Å²) in [7, 11) is 1.52. The van der Waals surface area contributed by atoms with Gasteiger partial charge in [-0.1, -0.05) is 0 Å². The molecule has 9 heteroatoms. The van der Waals surface area contributed by atoms with E-state index in [9.17, 15) is 9.59 Å². The van der Waals surface area contributed by atoms with Gasteiger partial charge >= 0.3 is 12.2 Å². The van der Waals surface area contributed by atoms with E-state index in [1.165, 1.54) is 12.0 Å². The van der Waals surface area contributed by atoms with E-state index in [-0.39, 0.29) is 11.7 Å². The molecule has 2 N–H and O–H groups in total. The maximum absolute atomic E-state index is 11.8. The van der Waals surface area contributed by atoms with Gasteiger partial charge in [0.15, 0.2) is 5.82 Å². The van der Waals surface area contributed by atoms with Gasteiger partial charge in [0.25, 0.3) is 0 Å². The van der Waals surface area contributed by atoms with Crippen LogP contribution in [0.25, 0.3) is 0 Å². The highest BCUT2D eigenvalue weighted by molar-refractivity contribution is 5.83. The third-order valence-corrected chi connectivity index (χ3v) is 3.79. The number of nitrogens with one attached hydrogen (secondary N) is 1. The Bertz CT molecular complexity index is 636. The summed E-state index contributed by atoms with van der Waals surface area (Å²) in [5.74, 6) is 0.807. The van der Waals surface area contributed by atoms with Crippen molar-refractivity contribution in [2.75, 3.05) is 25.5 Å². The molecular formula is C16H24N4O5. The van der Waals surface area contributed by atoms with Crippen molar-refractivity contribution in [2.45, 2.75) is 45.1 Å². The summed E-state index contributed by atoms with van der Waals surface area (Å²) in [6.45, 7) is 6.20. The molecule has 0 saturated carbocycles. The molecule has 0 unspecified atom stereocenters. The SMILES string of the molecule is COc1cc(NC(=O)OC(C)(C)C)nnc1C1CCN(C(=O)O)CC1. The molecule has 138 valence electrons. The molecule has 0 spiro atoms. The minimum Gasteiger partial charge on any atom is -0.495 e. The molecule has 25 heavy (non-hydrogen) atoms. The Labute approximate surface area is 146 Å². The first-order chi connectivity index (χ1) is 11.7. The summed E-state index contributed by atoms with van der Waals surface area (Å²) in [5, 5.41) is 19.7. The molecule has 0 atom stereocenters. The number of aromatic nitrogens is 2. The van der Waals surface area contributed by atoms with E-state index < -0.39 is 17.8 Å². The number of likely N-dealkylation sites (tertiary alicyclic amines) is 1. The van der Waals surface area contributed by atoms with Crippen LogP contribution < -0.4 is 10.1 Å². The lowest BCUT2D eigenvalue weighted by Crippen LogP contribution is -2.37. The minimum atomic E-state index is -0.909. The summed E-state index contributed by atoms with van der Waals surface area (Å²) in [6.07, 6.45) is -0.230. The van der Waals surface area contributed by atoms with Gasteiger partial charge in [-0.15, -0.1) is 10.2 Å². The normalized spacial score (nSPS) is 15.6. The Balaban J connectivity index is 2.07. The number of carbonyl (C=O) groups excluding carboxylic acids is 1. The van der Waals surface area contributed by atoms with E-state index in [4.69, 9.17) is 14.6 Å². The zero-order chi connectivity index (χ0) is 18.6. The fourth-order valence-corrected chi connectivity index (χ4v) is 2.64. The van der Waals surface area contributed by atoms with Crippen molar-refractivity contribution in [2.24, 2.45) is 0 Å². The number of ether oxygens (including phenoxy) is 2. The summed E-state index contributed by atoms with van der Waals surface area (Å²) in [6, 6.07) is 1.59. The third kappa shape index (κ3) is 5.20. The van der Waals surface area contributed by atoms with E-state index in [0.717, 1.165) is 0 Å². The van der Waals surface area contributed by atoms with Gasteiger partial charge in [0.05, 0.1) is 7.11 Å². The summed E-state index contributed by atoms with van der Waals surface area (Å²) < 4.78 is 10.5. The van der Waals surface area contributed by atoms with E-state index in [0.29, 0.717) is 37.4 Å². The summed E-state index contributed by atoms with van der Waals surface area (Å²) in [4.78, 5) is 24.2. The molecule has 0 bridgehead atoms. The lowest BCUT2D eigenvalue weighted by molar-refractivity contribution is 0.0635. The minimum absolute atomic E-state index is 0.0635. The van der Waals surface area contributed by atoms with E-state index >= 15 is 0 Å². The van der Waals surface area contributed by atoms with Crippen LogP contribution in [0.3, 0.4) is 0 Å². The highest BCUT2D eigenvalue weighted by atomic mass is 16.6. The lowest BCUT2D eigenvalue weighted by atomic mass is 9.93. The Kier molecular flexibility index (Phi) is 5.66. The van der Waals surface area contributed by atoms with Crippen LogP contribution in [-0.2, 0) is 4.74 Å². The molecule has 1 fully saturated rings. The van der Waals surface area contributed by atoms with Crippen LogP contribution in [0.15, 0.2) is 6.07 Å². The predicted molar refractivity (Wildman–Crippen MR) is 90.0 cm³/mol. The number of amides is 2. The summed E-state index contributed by atoms with van der Waals surface area (Å²) in [5.41, 5.74) is 0.0573. The number of carbonyl (C=O) groups is 2. The molecule has 1 aliphatic heterocycles. The highest BCUT2D eigenvalue weighted by Crippen LogP contribution is 2.33. The maximum atomic E-state index is 11.8. The van der Waals surface area contributed by atoms with Crippen LogP contribution in [0, 0.1) is 0 Å². The molecule has 2 heterocycles. The molecule has 2 rings (SSSR count). The van der Waals surface area contributed by atoms with Gasteiger partial charge in [0, 0.05) is 25.1 Å². The van der Waals surface area contributed by atoms with Gasteiger partial charge in [0.2, 0.25) is 0 Å². The molecule has 1 aliphatic rings. The second kappa shape index (κ2) is 7.54. The molecule has 1 aromatic heterocycles. The molecule has 0 aromatic carbocycles. The quantitative estimate of drug-likeness (QED) is 0.859. The van der Waals surface area contributed by atoms with Crippen LogP contribution >= 0.6 is 0 Å². The van der Waals surface area contributed by atoms with E-state index in [1.807, 2.05) is 0 Å². The average molecular weight is 352 g/mol. The molecule has 0 aliphatic carbocycles. The van der Waals surface area contributed by atoms with Gasteiger partial charge in [-0.3, -0.25) is 5.32 Å². The topological polar surface area (TPSA) is 114 Å². The van der Waals surface area contributed by atoms with Crippen LogP contribution in [0.5, 0.6) is 5.75 Å². The Hall–Kier alpha value is -2.58. The van der Waals surface area contributed by atoms with Crippen molar-refractivity contribution in [3.63, 3.8) is 0 Å². The van der Waals surface area contributed by atoms with Crippen molar-refractivity contribution < 1.29 is 24.2 Å². The molecule has 0 radical (unpaired) electrons. The van der Waals surface area contributed by atoms with Crippen molar-refractivity contribution >= 4 is 18.0 Å². The smallest absolute Gasteiger partial charge is 0.413 e. The second-order valence-corrected chi connectivity index (χ2v) is 6.85. The zero-order valence-electron chi connectivity index (χ0n) is 14.9. The Morgan fingerprint density at radius 3 is 2.44 bits per heavy atom. The third-order valence-electron chi connectivity index (χ3n) is 3.79. The van der Waals surface area contributed by atoms with E-state index in [2.05, 4.69) is 15.5 Å². The largest absolute Gasteiger partial charge is 0.495 e. The van der Waals surface area contributed by atoms with E-state index in [1.54, 1.807) is 26.8 Å². The average Bonchev–Trinajstić information content (AvgIpc) is 2.53. The van der Waals surface area contributed by atoms with Gasteiger partial charge in [-0.2, -0.15) is 0 Å². The number of rotatable bonds is 3. The lowest BCUT2D eigenvalue weighted by Gasteiger charge is -2.30. The monoisotopic (exact) mass is 352 g/mol. The van der Waals surface area contributed by atoms with Crippen molar-refractivity contribution in [3.8, 4) is 5.75 Å². The van der Waals surface area contributed by atoms with Crippen molar-refractivity contribution in [1.82, 2.24) is 15.1 Å². The van der Waals surface area contributed by atoms with Gasteiger partial charge < -0.3 is 19.5 Å². The number of methoxy groups -OCH3 is 1. The van der Waals surface area contributed by atoms with Crippen LogP contribution in [-0.4, -0.2) is 58.2 Å². The zero-order valence-corrected chi connectivity index (χ0v) is 14.9. The standard InChI is InChI=1S/C16H24N4O5/c1-16(2,3)25-14(21)17-12-9-11(24-4)13(19-18-12)10-5-7-20(8-6-10)15(22)23/h9-10H,5-8H2,1-4H3,(H,22,23)(H,17,18,21). The number of piperidine rings is 1. The van der Waals surface area contributed by atoms with Crippen LogP contribution in [0.2, 0.25) is 0 Å². The predicted octanol–water partition coefficient (Wildman–Crippen LogP) is 2.69. The fourth-order valence-electron chi connectivity index (χ4n) is 2.64. The number of carboxylic acid groups (broad SMARTS) is 1. The van der Waals surface area contributed by atoms with Gasteiger partial charge in [-0.05, 0) is 33.6 Å². The van der Waals surface area contributed by atoms with Gasteiger partial charge in [0.1, 0.15) is 17.0 Å². The Morgan fingerprint density at radius 2 is 1.92 bits per heavy atom. The Morgan fingerprint density at radius 1 is 1.28 bits per heavy atom. The first-order valence-corrected chi connectivity index (χ1v) is 8.09. The molecule has 1 aromatic rings. The molecule has 9 nitrogen and oxygen atoms in total. The number of anilines is 1. The maximum Gasteiger partial charge on any atom is 0.413 e. The molecule has 2 amide bonds. The molecular weight excluding hydrogens is 328 g/mol. The van der Waals surface area contributed by atoms with Crippen molar-refractivity contribution in [3.05, 3.63) is 11.8 Å².